The summed E-state index contributed by atoms with van der Waals surface area (Å²) >= 11 is 0. The van der Waals surface area contributed by atoms with E-state index in [0.29, 0.717) is 48.4 Å². The van der Waals surface area contributed by atoms with Crippen LogP contribution >= 0.6 is 0 Å². The molecule has 1 aliphatic heterocycles. The Balaban J connectivity index is 1.28. The van der Waals surface area contributed by atoms with E-state index in [1.807, 2.05) is 22.7 Å². The maximum atomic E-state index is 13.0. The average molecular weight is 518 g/mol. The minimum Gasteiger partial charge on any atom is -0.339 e. The van der Waals surface area contributed by atoms with Gasteiger partial charge in [-0.05, 0) is 43.0 Å². The number of rotatable bonds is 5. The van der Waals surface area contributed by atoms with Crippen LogP contribution in [0.4, 0.5) is 13.2 Å². The van der Waals surface area contributed by atoms with Crippen LogP contribution in [0.15, 0.2) is 67.1 Å². The number of hydrogen-bond donors (Lipinski definition) is 0. The summed E-state index contributed by atoms with van der Waals surface area (Å²) in [7, 11) is 0. The molecular weight excluding hydrogens is 495 g/mol. The van der Waals surface area contributed by atoms with Crippen molar-refractivity contribution < 1.29 is 22.8 Å². The van der Waals surface area contributed by atoms with E-state index in [4.69, 9.17) is 5.26 Å². The first-order chi connectivity index (χ1) is 18.2. The zero-order valence-corrected chi connectivity index (χ0v) is 20.2. The fraction of sp³-hybridized carbons (Fsp3) is 0.250. The van der Waals surface area contributed by atoms with Gasteiger partial charge in [0.25, 0.3) is 5.91 Å². The van der Waals surface area contributed by atoms with Gasteiger partial charge in [0, 0.05) is 42.4 Å². The lowest BCUT2D eigenvalue weighted by molar-refractivity contribution is -0.172. The summed E-state index contributed by atoms with van der Waals surface area (Å²) < 4.78 is 39.5. The summed E-state index contributed by atoms with van der Waals surface area (Å²) in [5.41, 5.74) is 4.94. The zero-order chi connectivity index (χ0) is 26.9. The Kier molecular flexibility index (Phi) is 6.68. The monoisotopic (exact) mass is 517 g/mol. The second-order valence-electron chi connectivity index (χ2n) is 9.27. The van der Waals surface area contributed by atoms with Gasteiger partial charge in [0.2, 0.25) is 5.78 Å². The van der Waals surface area contributed by atoms with E-state index in [0.717, 1.165) is 16.8 Å². The highest BCUT2D eigenvalue weighted by atomic mass is 19.4. The molecule has 0 bridgehead atoms. The summed E-state index contributed by atoms with van der Waals surface area (Å²) in [6, 6.07) is 16.3. The van der Waals surface area contributed by atoms with Crippen molar-refractivity contribution in [3.05, 3.63) is 78.2 Å². The highest BCUT2D eigenvalue weighted by molar-refractivity contribution is 5.94. The predicted octanol–water partition coefficient (Wildman–Crippen LogP) is 5.31. The van der Waals surface area contributed by atoms with Crippen LogP contribution in [0.25, 0.3) is 28.2 Å². The Labute approximate surface area is 216 Å². The molecule has 0 saturated carbocycles. The van der Waals surface area contributed by atoms with Crippen LogP contribution in [0.5, 0.6) is 0 Å². The van der Waals surface area contributed by atoms with Crippen molar-refractivity contribution in [3.63, 3.8) is 0 Å². The SMILES string of the molecule is N#Cc1ccc(-c2cnc3cnc(-c4ccc(C(=O)N5CCC(CC(=O)C(F)(F)F)CC5)cc4)cn23)cc1. The van der Waals surface area contributed by atoms with E-state index in [-0.39, 0.29) is 11.8 Å². The zero-order valence-electron chi connectivity index (χ0n) is 20.2. The molecule has 0 unspecified atom stereocenters. The minimum atomic E-state index is -4.81. The number of likely N-dealkylation sites (tertiary alicyclic amines) is 1. The first-order valence-electron chi connectivity index (χ1n) is 12.1. The maximum Gasteiger partial charge on any atom is 0.449 e. The highest BCUT2D eigenvalue weighted by Gasteiger charge is 2.39. The van der Waals surface area contributed by atoms with Crippen molar-refractivity contribution in [1.82, 2.24) is 19.3 Å². The van der Waals surface area contributed by atoms with E-state index in [1.54, 1.807) is 53.7 Å². The number of carbonyl (C=O) groups excluding carboxylic acids is 2. The van der Waals surface area contributed by atoms with Crippen LogP contribution in [0.3, 0.4) is 0 Å². The number of ketones is 1. The first-order valence-corrected chi connectivity index (χ1v) is 12.1. The van der Waals surface area contributed by atoms with Gasteiger partial charge in [0.15, 0.2) is 5.65 Å². The van der Waals surface area contributed by atoms with Gasteiger partial charge >= 0.3 is 6.18 Å². The number of hydrogen-bond acceptors (Lipinski definition) is 5. The van der Waals surface area contributed by atoms with Crippen LogP contribution in [0, 0.1) is 17.2 Å². The largest absolute Gasteiger partial charge is 0.449 e. The Bertz CT molecular complexity index is 1530. The Hall–Kier alpha value is -4.52. The number of alkyl halides is 3. The second kappa shape index (κ2) is 10.1. The summed E-state index contributed by atoms with van der Waals surface area (Å²) in [5, 5.41) is 9.04. The molecule has 0 N–H and O–H groups in total. The van der Waals surface area contributed by atoms with Gasteiger partial charge in [-0.15, -0.1) is 0 Å². The third-order valence-corrected chi connectivity index (χ3v) is 6.83. The molecular formula is C28H22F3N5O2. The maximum absolute atomic E-state index is 13.0. The van der Waals surface area contributed by atoms with E-state index in [1.165, 1.54) is 0 Å². The quantitative estimate of drug-likeness (QED) is 0.358. The first kappa shape index (κ1) is 25.1. The van der Waals surface area contributed by atoms with Crippen LogP contribution < -0.4 is 0 Å². The van der Waals surface area contributed by atoms with Gasteiger partial charge in [0.05, 0.1) is 35.4 Å². The molecule has 1 fully saturated rings. The number of halogens is 3. The van der Waals surface area contributed by atoms with Crippen molar-refractivity contribution in [2.24, 2.45) is 5.92 Å². The van der Waals surface area contributed by atoms with Crippen molar-refractivity contribution in [2.45, 2.75) is 25.4 Å². The van der Waals surface area contributed by atoms with Crippen molar-refractivity contribution in [3.8, 4) is 28.6 Å². The lowest BCUT2D eigenvalue weighted by atomic mass is 9.91. The topological polar surface area (TPSA) is 91.4 Å². The van der Waals surface area contributed by atoms with E-state index < -0.39 is 18.4 Å². The highest BCUT2D eigenvalue weighted by Crippen LogP contribution is 2.28. The molecule has 1 amide bonds. The molecule has 38 heavy (non-hydrogen) atoms. The molecule has 2 aromatic heterocycles. The molecule has 10 heteroatoms. The summed E-state index contributed by atoms with van der Waals surface area (Å²) in [6.45, 7) is 0.626. The molecule has 0 atom stereocenters. The van der Waals surface area contributed by atoms with Crippen molar-refractivity contribution in [1.29, 1.82) is 5.26 Å². The number of aromatic nitrogens is 3. The Morgan fingerprint density at radius 3 is 2.24 bits per heavy atom. The lowest BCUT2D eigenvalue weighted by Gasteiger charge is -2.32. The fourth-order valence-corrected chi connectivity index (χ4v) is 4.65. The molecule has 192 valence electrons. The summed E-state index contributed by atoms with van der Waals surface area (Å²) in [5.74, 6) is -2.27. The Morgan fingerprint density at radius 2 is 1.61 bits per heavy atom. The molecule has 2 aromatic carbocycles. The second-order valence-corrected chi connectivity index (χ2v) is 9.27. The molecule has 1 aliphatic rings. The fourth-order valence-electron chi connectivity index (χ4n) is 4.65. The predicted molar refractivity (Wildman–Crippen MR) is 133 cm³/mol. The number of benzene rings is 2. The van der Waals surface area contributed by atoms with Gasteiger partial charge in [-0.1, -0.05) is 24.3 Å². The number of nitriles is 1. The van der Waals surface area contributed by atoms with Crippen LogP contribution in [0.1, 0.15) is 35.2 Å². The van der Waals surface area contributed by atoms with Crippen molar-refractivity contribution in [2.75, 3.05) is 13.1 Å². The van der Waals surface area contributed by atoms with Crippen LogP contribution in [0.2, 0.25) is 0 Å². The standard InChI is InChI=1S/C28H22F3N5O2/c29-28(30,31)25(37)13-18-9-11-35(12-10-18)27(38)22-7-5-20(6-8-22)23-17-36-24(15-34-26(36)16-33-23)21-3-1-19(14-32)2-4-21/h1-8,15-18H,9-13H2. The van der Waals surface area contributed by atoms with Gasteiger partial charge in [0.1, 0.15) is 0 Å². The number of nitrogens with zero attached hydrogens (tertiary/aromatic N) is 5. The molecule has 1 saturated heterocycles. The molecule has 0 spiro atoms. The van der Waals surface area contributed by atoms with Crippen molar-refractivity contribution >= 4 is 17.3 Å². The third-order valence-electron chi connectivity index (χ3n) is 6.83. The lowest BCUT2D eigenvalue weighted by Crippen LogP contribution is -2.39. The van der Waals surface area contributed by atoms with Crippen LogP contribution in [-0.4, -0.2) is 50.2 Å². The van der Waals surface area contributed by atoms with Gasteiger partial charge in [-0.3, -0.25) is 19.0 Å². The average Bonchev–Trinajstić information content (AvgIpc) is 3.36. The summed E-state index contributed by atoms with van der Waals surface area (Å²) in [4.78, 5) is 34.7. The van der Waals surface area contributed by atoms with Gasteiger partial charge in [-0.2, -0.15) is 18.4 Å². The number of amides is 1. The third kappa shape index (κ3) is 5.13. The number of Topliss-reactive ketones (excluding diaryl/α,β-unsaturated/α-hetero) is 1. The van der Waals surface area contributed by atoms with Crippen LogP contribution in [-0.2, 0) is 4.79 Å². The van der Waals surface area contributed by atoms with E-state index >= 15 is 0 Å². The van der Waals surface area contributed by atoms with Gasteiger partial charge in [-0.25, -0.2) is 4.98 Å². The van der Waals surface area contributed by atoms with E-state index in [9.17, 15) is 22.8 Å². The smallest absolute Gasteiger partial charge is 0.339 e. The normalized spacial score (nSPS) is 14.4. The molecule has 3 heterocycles. The number of fused-ring (bicyclic) bond motifs is 1. The molecule has 5 rings (SSSR count). The van der Waals surface area contributed by atoms with E-state index in [2.05, 4.69) is 16.0 Å². The minimum absolute atomic E-state index is 0.196. The molecule has 4 aromatic rings. The number of imidazole rings is 1. The number of piperidine rings is 1. The molecule has 0 aliphatic carbocycles. The molecule has 0 radical (unpaired) electrons. The van der Waals surface area contributed by atoms with Gasteiger partial charge < -0.3 is 4.90 Å². The number of carbonyl (C=O) groups is 2. The summed E-state index contributed by atoms with van der Waals surface area (Å²) in [6.07, 6.45) is 0.656. The molecule has 7 nitrogen and oxygen atoms in total. The Morgan fingerprint density at radius 1 is 0.947 bits per heavy atom.